The zero-order valence-corrected chi connectivity index (χ0v) is 12.3. The standard InChI is InChI=1S/C15H19N5O/c1-3-17-14-10-16-9-13(19-14)15(21)20(4-2)11-12-7-5-6-8-18-12/h5-10H,3-4,11H2,1-2H3,(H,17,19). The third kappa shape index (κ3) is 3.98. The smallest absolute Gasteiger partial charge is 0.274 e. The molecule has 6 heteroatoms. The Hall–Kier alpha value is -2.50. The average Bonchev–Trinajstić information content (AvgIpc) is 2.53. The van der Waals surface area contributed by atoms with Crippen molar-refractivity contribution in [1.29, 1.82) is 0 Å². The van der Waals surface area contributed by atoms with Crippen LogP contribution in [0.1, 0.15) is 30.0 Å². The largest absolute Gasteiger partial charge is 0.369 e. The van der Waals surface area contributed by atoms with Crippen molar-refractivity contribution in [3.8, 4) is 0 Å². The second-order valence-corrected chi connectivity index (χ2v) is 4.46. The van der Waals surface area contributed by atoms with E-state index in [1.54, 1.807) is 17.3 Å². The number of carbonyl (C=O) groups is 1. The molecule has 6 nitrogen and oxygen atoms in total. The first-order chi connectivity index (χ1) is 10.2. The lowest BCUT2D eigenvalue weighted by atomic mass is 10.3. The van der Waals surface area contributed by atoms with Crippen molar-refractivity contribution in [1.82, 2.24) is 19.9 Å². The molecule has 0 spiro atoms. The predicted octanol–water partition coefficient (Wildman–Crippen LogP) is 1.97. The first-order valence-electron chi connectivity index (χ1n) is 6.99. The molecule has 2 aromatic heterocycles. The molecule has 2 rings (SSSR count). The number of nitrogens with zero attached hydrogens (tertiary/aromatic N) is 4. The molecule has 0 aliphatic rings. The van der Waals surface area contributed by atoms with E-state index in [1.807, 2.05) is 32.0 Å². The van der Waals surface area contributed by atoms with Crippen molar-refractivity contribution >= 4 is 11.7 Å². The van der Waals surface area contributed by atoms with Gasteiger partial charge in [-0.2, -0.15) is 0 Å². The number of hydrogen-bond acceptors (Lipinski definition) is 5. The van der Waals surface area contributed by atoms with Crippen LogP contribution in [0.3, 0.4) is 0 Å². The van der Waals surface area contributed by atoms with Gasteiger partial charge in [-0.05, 0) is 26.0 Å². The van der Waals surface area contributed by atoms with Gasteiger partial charge >= 0.3 is 0 Å². The number of aromatic nitrogens is 3. The van der Waals surface area contributed by atoms with Crippen molar-refractivity contribution in [3.05, 3.63) is 48.2 Å². The van der Waals surface area contributed by atoms with Crippen LogP contribution >= 0.6 is 0 Å². The summed E-state index contributed by atoms with van der Waals surface area (Å²) in [4.78, 5) is 26.8. The Morgan fingerprint density at radius 3 is 2.81 bits per heavy atom. The van der Waals surface area contributed by atoms with Gasteiger partial charge in [0.1, 0.15) is 11.5 Å². The van der Waals surface area contributed by atoms with Crippen molar-refractivity contribution in [2.75, 3.05) is 18.4 Å². The summed E-state index contributed by atoms with van der Waals surface area (Å²) in [6.45, 7) is 5.68. The SMILES string of the molecule is CCNc1cncc(C(=O)N(CC)Cc2ccccn2)n1. The summed E-state index contributed by atoms with van der Waals surface area (Å²) in [5.74, 6) is 0.465. The Balaban J connectivity index is 2.14. The second-order valence-electron chi connectivity index (χ2n) is 4.46. The lowest BCUT2D eigenvalue weighted by molar-refractivity contribution is 0.0744. The minimum atomic E-state index is -0.143. The van der Waals surface area contributed by atoms with E-state index in [2.05, 4.69) is 20.3 Å². The van der Waals surface area contributed by atoms with Crippen LogP contribution in [-0.4, -0.2) is 38.8 Å². The second kappa shape index (κ2) is 7.33. The molecule has 2 heterocycles. The van der Waals surface area contributed by atoms with Gasteiger partial charge < -0.3 is 10.2 Å². The molecule has 1 N–H and O–H groups in total. The highest BCUT2D eigenvalue weighted by molar-refractivity contribution is 5.92. The summed E-state index contributed by atoms with van der Waals surface area (Å²) in [6.07, 6.45) is 4.82. The molecule has 0 aliphatic heterocycles. The number of anilines is 1. The topological polar surface area (TPSA) is 71.0 Å². The van der Waals surface area contributed by atoms with Gasteiger partial charge in [-0.3, -0.25) is 14.8 Å². The maximum Gasteiger partial charge on any atom is 0.274 e. The molecule has 1 amide bonds. The zero-order chi connectivity index (χ0) is 15.1. The number of carbonyl (C=O) groups excluding carboxylic acids is 1. The van der Waals surface area contributed by atoms with Gasteiger partial charge in [-0.1, -0.05) is 6.07 Å². The van der Waals surface area contributed by atoms with E-state index in [4.69, 9.17) is 0 Å². The third-order valence-electron chi connectivity index (χ3n) is 2.96. The molecule has 21 heavy (non-hydrogen) atoms. The molecular formula is C15H19N5O. The first kappa shape index (κ1) is 14.9. The Morgan fingerprint density at radius 2 is 2.14 bits per heavy atom. The van der Waals surface area contributed by atoms with Crippen LogP contribution in [0.5, 0.6) is 0 Å². The minimum absolute atomic E-state index is 0.143. The molecule has 0 aromatic carbocycles. The van der Waals surface area contributed by atoms with Gasteiger partial charge in [-0.15, -0.1) is 0 Å². The lowest BCUT2D eigenvalue weighted by Gasteiger charge is -2.20. The Kier molecular flexibility index (Phi) is 5.20. The number of nitrogens with one attached hydrogen (secondary N) is 1. The van der Waals surface area contributed by atoms with Crippen LogP contribution in [0.4, 0.5) is 5.82 Å². The van der Waals surface area contributed by atoms with Gasteiger partial charge in [0.25, 0.3) is 5.91 Å². The monoisotopic (exact) mass is 285 g/mol. The van der Waals surface area contributed by atoms with Crippen LogP contribution in [0.2, 0.25) is 0 Å². The van der Waals surface area contributed by atoms with E-state index < -0.39 is 0 Å². The molecule has 0 atom stereocenters. The minimum Gasteiger partial charge on any atom is -0.369 e. The molecule has 0 bridgehead atoms. The normalized spacial score (nSPS) is 10.2. The van der Waals surface area contributed by atoms with Gasteiger partial charge in [0, 0.05) is 19.3 Å². The fourth-order valence-electron chi connectivity index (χ4n) is 1.91. The number of rotatable bonds is 6. The van der Waals surface area contributed by atoms with Gasteiger partial charge in [0.15, 0.2) is 0 Å². The Morgan fingerprint density at radius 1 is 1.29 bits per heavy atom. The molecule has 0 unspecified atom stereocenters. The summed E-state index contributed by atoms with van der Waals surface area (Å²) in [5, 5.41) is 3.05. The summed E-state index contributed by atoms with van der Waals surface area (Å²) >= 11 is 0. The molecular weight excluding hydrogens is 266 g/mol. The number of amides is 1. The molecule has 0 radical (unpaired) electrons. The molecule has 2 aromatic rings. The predicted molar refractivity (Wildman–Crippen MR) is 80.8 cm³/mol. The number of hydrogen-bond donors (Lipinski definition) is 1. The molecule has 0 fully saturated rings. The fourth-order valence-corrected chi connectivity index (χ4v) is 1.91. The van der Waals surface area contributed by atoms with Crippen molar-refractivity contribution < 1.29 is 4.79 Å². The molecule has 0 aliphatic carbocycles. The van der Waals surface area contributed by atoms with Gasteiger partial charge in [0.2, 0.25) is 0 Å². The Labute approximate surface area is 124 Å². The van der Waals surface area contributed by atoms with E-state index >= 15 is 0 Å². The van der Waals surface area contributed by atoms with Gasteiger partial charge in [0.05, 0.1) is 24.6 Å². The first-order valence-corrected chi connectivity index (χ1v) is 6.99. The van der Waals surface area contributed by atoms with E-state index in [9.17, 15) is 4.79 Å². The van der Waals surface area contributed by atoms with Crippen LogP contribution in [0, 0.1) is 0 Å². The molecule has 0 saturated heterocycles. The maximum atomic E-state index is 12.5. The highest BCUT2D eigenvalue weighted by Crippen LogP contribution is 2.08. The van der Waals surface area contributed by atoms with E-state index in [-0.39, 0.29) is 5.91 Å². The van der Waals surface area contributed by atoms with Crippen LogP contribution in [0.25, 0.3) is 0 Å². The third-order valence-corrected chi connectivity index (χ3v) is 2.96. The van der Waals surface area contributed by atoms with Crippen molar-refractivity contribution in [3.63, 3.8) is 0 Å². The van der Waals surface area contributed by atoms with Crippen molar-refractivity contribution in [2.45, 2.75) is 20.4 Å². The van der Waals surface area contributed by atoms with Gasteiger partial charge in [-0.25, -0.2) is 4.98 Å². The highest BCUT2D eigenvalue weighted by Gasteiger charge is 2.17. The summed E-state index contributed by atoms with van der Waals surface area (Å²) in [7, 11) is 0. The Bertz CT molecular complexity index is 588. The fraction of sp³-hybridized carbons (Fsp3) is 0.333. The maximum absolute atomic E-state index is 12.5. The molecule has 110 valence electrons. The van der Waals surface area contributed by atoms with Crippen LogP contribution in [-0.2, 0) is 6.54 Å². The summed E-state index contributed by atoms with van der Waals surface area (Å²) < 4.78 is 0. The zero-order valence-electron chi connectivity index (χ0n) is 12.3. The number of pyridine rings is 1. The van der Waals surface area contributed by atoms with Crippen molar-refractivity contribution in [2.24, 2.45) is 0 Å². The van der Waals surface area contributed by atoms with Crippen LogP contribution in [0.15, 0.2) is 36.8 Å². The summed E-state index contributed by atoms with van der Waals surface area (Å²) in [6, 6.07) is 5.66. The highest BCUT2D eigenvalue weighted by atomic mass is 16.2. The summed E-state index contributed by atoms with van der Waals surface area (Å²) in [5.41, 5.74) is 1.19. The van der Waals surface area contributed by atoms with E-state index in [0.29, 0.717) is 24.6 Å². The van der Waals surface area contributed by atoms with E-state index in [0.717, 1.165) is 12.2 Å². The quantitative estimate of drug-likeness (QED) is 0.878. The molecule has 0 saturated carbocycles. The average molecular weight is 285 g/mol. The lowest BCUT2D eigenvalue weighted by Crippen LogP contribution is -2.31. The van der Waals surface area contributed by atoms with E-state index in [1.165, 1.54) is 6.20 Å². The van der Waals surface area contributed by atoms with Crippen LogP contribution < -0.4 is 5.32 Å².